The summed E-state index contributed by atoms with van der Waals surface area (Å²) in [5.74, 6) is -0.0692. The number of anilines is 2. The van der Waals surface area contributed by atoms with Crippen molar-refractivity contribution in [2.45, 2.75) is 44.7 Å². The highest BCUT2D eigenvalue weighted by Gasteiger charge is 2.37. The van der Waals surface area contributed by atoms with Gasteiger partial charge in [-0.25, -0.2) is 15.1 Å². The average molecular weight is 537 g/mol. The number of carbonyl (C=O) groups is 1. The normalized spacial score (nSPS) is 17.6. The number of alkyl halides is 6. The molecule has 0 radical (unpaired) electrons. The molecule has 3 rings (SSSR count). The lowest BCUT2D eigenvalue weighted by Gasteiger charge is -2.40. The van der Waals surface area contributed by atoms with E-state index >= 15 is 0 Å². The fourth-order valence-corrected chi connectivity index (χ4v) is 3.80. The van der Waals surface area contributed by atoms with Crippen molar-refractivity contribution in [3.63, 3.8) is 0 Å². The van der Waals surface area contributed by atoms with Crippen LogP contribution in [-0.2, 0) is 21.9 Å². The number of H-pyrrole nitrogens is 1. The monoisotopic (exact) mass is 537 g/mol. The lowest BCUT2D eigenvalue weighted by molar-refractivity contribution is -0.139. The number of nitrogens with one attached hydrogen (secondary N) is 2. The number of ether oxygens (including phenoxy) is 1. The number of rotatable bonds is 8. The SMILES string of the molecule is CC(COCCC(=O)N1CCN(c2ncc(C(F)(F)F)cn2)C[C@@H]1C)Nc1cn[nH]c(=O)c1C(F)(F)F. The molecule has 1 saturated heterocycles. The predicted octanol–water partition coefficient (Wildman–Crippen LogP) is 2.54. The van der Waals surface area contributed by atoms with E-state index in [4.69, 9.17) is 4.74 Å². The molecule has 16 heteroatoms. The number of aromatic amines is 1. The second-order valence-corrected chi connectivity index (χ2v) is 8.51. The summed E-state index contributed by atoms with van der Waals surface area (Å²) in [6, 6.07) is -0.886. The first-order valence-electron chi connectivity index (χ1n) is 11.2. The van der Waals surface area contributed by atoms with Crippen molar-refractivity contribution in [1.82, 2.24) is 25.1 Å². The van der Waals surface area contributed by atoms with E-state index in [0.29, 0.717) is 32.0 Å². The van der Waals surface area contributed by atoms with Crippen molar-refractivity contribution in [2.24, 2.45) is 0 Å². The Labute approximate surface area is 207 Å². The number of piperazine rings is 1. The Balaban J connectivity index is 1.44. The van der Waals surface area contributed by atoms with Crippen LogP contribution in [0.5, 0.6) is 0 Å². The molecular formula is C21H25F6N7O3. The average Bonchev–Trinajstić information content (AvgIpc) is 2.80. The summed E-state index contributed by atoms with van der Waals surface area (Å²) in [5, 5.41) is 7.68. The predicted molar refractivity (Wildman–Crippen MR) is 119 cm³/mol. The van der Waals surface area contributed by atoms with Gasteiger partial charge >= 0.3 is 12.4 Å². The third kappa shape index (κ3) is 7.30. The van der Waals surface area contributed by atoms with E-state index < -0.39 is 40.8 Å². The largest absolute Gasteiger partial charge is 0.423 e. The Morgan fingerprint density at radius 3 is 2.43 bits per heavy atom. The topological polar surface area (TPSA) is 116 Å². The Bertz CT molecular complexity index is 1120. The van der Waals surface area contributed by atoms with Crippen LogP contribution in [0.1, 0.15) is 31.4 Å². The van der Waals surface area contributed by atoms with Gasteiger partial charge in [0.2, 0.25) is 11.9 Å². The molecule has 37 heavy (non-hydrogen) atoms. The molecule has 1 unspecified atom stereocenters. The molecule has 0 bridgehead atoms. The second kappa shape index (κ2) is 11.3. The molecule has 1 aliphatic rings. The fourth-order valence-electron chi connectivity index (χ4n) is 3.80. The van der Waals surface area contributed by atoms with Crippen LogP contribution in [-0.4, -0.2) is 75.9 Å². The summed E-state index contributed by atoms with van der Waals surface area (Å²) in [6.07, 6.45) is -7.08. The third-order valence-corrected chi connectivity index (χ3v) is 5.57. The van der Waals surface area contributed by atoms with E-state index in [2.05, 4.69) is 20.4 Å². The lowest BCUT2D eigenvalue weighted by atomic mass is 10.2. The molecule has 2 atom stereocenters. The molecule has 0 aromatic carbocycles. The summed E-state index contributed by atoms with van der Waals surface area (Å²) >= 11 is 0. The Hall–Kier alpha value is -3.43. The van der Waals surface area contributed by atoms with E-state index in [0.717, 1.165) is 6.20 Å². The first-order valence-corrected chi connectivity index (χ1v) is 11.2. The first kappa shape index (κ1) is 28.1. The molecule has 1 fully saturated rings. The highest BCUT2D eigenvalue weighted by molar-refractivity contribution is 5.77. The molecule has 3 heterocycles. The molecule has 0 saturated carbocycles. The zero-order chi connectivity index (χ0) is 27.4. The minimum absolute atomic E-state index is 0.0134. The van der Waals surface area contributed by atoms with Crippen LogP contribution < -0.4 is 15.8 Å². The van der Waals surface area contributed by atoms with Crippen molar-refractivity contribution in [3.8, 4) is 0 Å². The standard InChI is InChI=1S/C21H25F6N7O3/c1-12(31-15-9-30-32-18(36)17(15)21(25,26)27)11-37-6-3-16(35)34-5-4-33(10-13(34)2)19-28-7-14(8-29-19)20(22,23)24/h7-9,12-13H,3-6,10-11H2,1-2H3,(H2,31,32,36)/t12?,13-/m0/s1. The summed E-state index contributed by atoms with van der Waals surface area (Å²) in [5.41, 5.74) is -4.18. The number of carbonyl (C=O) groups excluding carboxylic acids is 1. The minimum Gasteiger partial charge on any atom is -0.379 e. The van der Waals surface area contributed by atoms with Gasteiger partial charge in [-0.05, 0) is 13.8 Å². The van der Waals surface area contributed by atoms with Gasteiger partial charge in [0.15, 0.2) is 0 Å². The van der Waals surface area contributed by atoms with Gasteiger partial charge in [-0.1, -0.05) is 0 Å². The van der Waals surface area contributed by atoms with Crippen molar-refractivity contribution < 1.29 is 35.9 Å². The number of halogens is 6. The van der Waals surface area contributed by atoms with Crippen LogP contribution in [0.15, 0.2) is 23.4 Å². The zero-order valence-corrected chi connectivity index (χ0v) is 19.9. The maximum Gasteiger partial charge on any atom is 0.423 e. The van der Waals surface area contributed by atoms with Crippen molar-refractivity contribution >= 4 is 17.5 Å². The van der Waals surface area contributed by atoms with Crippen LogP contribution in [0.2, 0.25) is 0 Å². The van der Waals surface area contributed by atoms with E-state index in [1.54, 1.807) is 28.7 Å². The fraction of sp³-hybridized carbons (Fsp3) is 0.571. The van der Waals surface area contributed by atoms with E-state index in [-0.39, 0.29) is 37.5 Å². The molecule has 1 aliphatic heterocycles. The number of nitrogens with zero attached hydrogens (tertiary/aromatic N) is 5. The quantitative estimate of drug-likeness (QED) is 0.390. The van der Waals surface area contributed by atoms with Gasteiger partial charge in [0.1, 0.15) is 5.56 Å². The highest BCUT2D eigenvalue weighted by atomic mass is 19.4. The first-order chi connectivity index (χ1) is 17.3. The zero-order valence-electron chi connectivity index (χ0n) is 19.9. The van der Waals surface area contributed by atoms with Gasteiger partial charge in [-0.15, -0.1) is 0 Å². The summed E-state index contributed by atoms with van der Waals surface area (Å²) < 4.78 is 82.9. The van der Waals surface area contributed by atoms with Crippen molar-refractivity contribution in [2.75, 3.05) is 43.1 Å². The van der Waals surface area contributed by atoms with Gasteiger partial charge in [0.25, 0.3) is 5.56 Å². The van der Waals surface area contributed by atoms with E-state index in [1.807, 2.05) is 0 Å². The van der Waals surface area contributed by atoms with Crippen LogP contribution in [0, 0.1) is 0 Å². The van der Waals surface area contributed by atoms with Crippen LogP contribution in [0.25, 0.3) is 0 Å². The van der Waals surface area contributed by atoms with Gasteiger partial charge in [-0.2, -0.15) is 31.4 Å². The van der Waals surface area contributed by atoms with Crippen molar-refractivity contribution in [1.29, 1.82) is 0 Å². The van der Waals surface area contributed by atoms with Crippen LogP contribution >= 0.6 is 0 Å². The van der Waals surface area contributed by atoms with Gasteiger partial charge in [-0.3, -0.25) is 9.59 Å². The summed E-state index contributed by atoms with van der Waals surface area (Å²) in [6.45, 7) is 4.27. The summed E-state index contributed by atoms with van der Waals surface area (Å²) in [7, 11) is 0. The number of aromatic nitrogens is 4. The van der Waals surface area contributed by atoms with Crippen LogP contribution in [0.4, 0.5) is 38.0 Å². The lowest BCUT2D eigenvalue weighted by Crippen LogP contribution is -2.54. The molecule has 0 aliphatic carbocycles. The maximum atomic E-state index is 13.1. The molecule has 0 spiro atoms. The van der Waals surface area contributed by atoms with Gasteiger partial charge < -0.3 is 19.9 Å². The van der Waals surface area contributed by atoms with E-state index in [1.165, 1.54) is 0 Å². The van der Waals surface area contributed by atoms with Crippen LogP contribution in [0.3, 0.4) is 0 Å². The molecule has 2 N–H and O–H groups in total. The Morgan fingerprint density at radius 1 is 1.16 bits per heavy atom. The maximum absolute atomic E-state index is 13.1. The van der Waals surface area contributed by atoms with Crippen molar-refractivity contribution in [3.05, 3.63) is 40.1 Å². The Kier molecular flexibility index (Phi) is 8.60. The summed E-state index contributed by atoms with van der Waals surface area (Å²) in [4.78, 5) is 35.0. The minimum atomic E-state index is -4.87. The smallest absolute Gasteiger partial charge is 0.379 e. The molecule has 2 aromatic heterocycles. The molecule has 204 valence electrons. The number of amides is 1. The Morgan fingerprint density at radius 2 is 1.84 bits per heavy atom. The number of hydrogen-bond donors (Lipinski definition) is 2. The molecule has 2 aromatic rings. The van der Waals surface area contributed by atoms with Gasteiger partial charge in [0, 0.05) is 44.1 Å². The second-order valence-electron chi connectivity index (χ2n) is 8.51. The molecular weight excluding hydrogens is 512 g/mol. The van der Waals surface area contributed by atoms with E-state index in [9.17, 15) is 35.9 Å². The number of hydrogen-bond acceptors (Lipinski definition) is 8. The third-order valence-electron chi connectivity index (χ3n) is 5.57. The molecule has 1 amide bonds. The molecule has 10 nitrogen and oxygen atoms in total. The van der Waals surface area contributed by atoms with Gasteiger partial charge in [0.05, 0.1) is 37.1 Å². The highest BCUT2D eigenvalue weighted by Crippen LogP contribution is 2.31.